The maximum Gasteiger partial charge on any atom is 0.118 e. The lowest BCUT2D eigenvalue weighted by Crippen LogP contribution is -3.00. The Morgan fingerprint density at radius 1 is 0.510 bits per heavy atom. The minimum atomic E-state index is 0. The second-order valence-electron chi connectivity index (χ2n) is 13.6. The molecule has 2 atom stereocenters. The molecule has 49 heavy (non-hydrogen) atoms. The summed E-state index contributed by atoms with van der Waals surface area (Å²) in [6, 6.07) is 36.9. The molecule has 2 unspecified atom stereocenters. The van der Waals surface area contributed by atoms with Crippen molar-refractivity contribution in [1.29, 1.82) is 0 Å². The van der Waals surface area contributed by atoms with Crippen LogP contribution in [0.5, 0.6) is 11.5 Å². The van der Waals surface area contributed by atoms with Crippen LogP contribution in [-0.4, -0.2) is 58.6 Å². The summed E-state index contributed by atoms with van der Waals surface area (Å²) < 4.78 is 0.849. The maximum absolute atomic E-state index is 10.4. The molecule has 266 valence electrons. The van der Waals surface area contributed by atoms with Gasteiger partial charge in [0.1, 0.15) is 24.6 Å². The lowest BCUT2D eigenvalue weighted by atomic mass is 9.98. The molecule has 0 aliphatic carbocycles. The van der Waals surface area contributed by atoms with Crippen LogP contribution in [0.4, 0.5) is 0 Å². The molecule has 0 saturated heterocycles. The monoisotopic (exact) mass is 686 g/mol. The van der Waals surface area contributed by atoms with E-state index in [1.807, 2.05) is 36.4 Å². The maximum atomic E-state index is 10.4. The third-order valence-corrected chi connectivity index (χ3v) is 9.81. The second-order valence-corrected chi connectivity index (χ2v) is 13.6. The van der Waals surface area contributed by atoms with Gasteiger partial charge in [-0.3, -0.25) is 0 Å². The van der Waals surface area contributed by atoms with Crippen LogP contribution >= 0.6 is 0 Å². The zero-order chi connectivity index (χ0) is 33.7. The van der Waals surface area contributed by atoms with Crippen LogP contribution in [-0.2, 0) is 25.8 Å². The van der Waals surface area contributed by atoms with Crippen molar-refractivity contribution in [1.82, 2.24) is 5.32 Å². The van der Waals surface area contributed by atoms with Crippen LogP contribution in [0.3, 0.4) is 0 Å². The number of nitrogens with one attached hydrogen (secondary N) is 1. The Labute approximate surface area is 302 Å². The molecule has 0 fully saturated rings. The van der Waals surface area contributed by atoms with Gasteiger partial charge in [-0.15, -0.1) is 0 Å². The number of benzene rings is 4. The van der Waals surface area contributed by atoms with Crippen LogP contribution in [0.2, 0.25) is 0 Å². The molecular weight excluding hydrogens is 628 g/mol. The van der Waals surface area contributed by atoms with Gasteiger partial charge in [-0.25, -0.2) is 0 Å². The Balaban J connectivity index is 0.00000650. The number of quaternary nitrogens is 1. The summed E-state index contributed by atoms with van der Waals surface area (Å²) in [5.74, 6) is 0.754. The van der Waals surface area contributed by atoms with E-state index < -0.39 is 0 Å². The van der Waals surface area contributed by atoms with Crippen molar-refractivity contribution in [2.75, 3.05) is 32.8 Å². The third kappa shape index (κ3) is 15.0. The van der Waals surface area contributed by atoms with Crippen LogP contribution in [0.25, 0.3) is 0 Å². The zero-order valence-corrected chi connectivity index (χ0v) is 30.1. The van der Waals surface area contributed by atoms with E-state index in [0.29, 0.717) is 17.5 Å². The highest BCUT2D eigenvalue weighted by Crippen LogP contribution is 2.23. The first kappa shape index (κ1) is 40.1. The molecule has 0 radical (unpaired) electrons. The number of hydrogen-bond acceptors (Lipinski definition) is 4. The van der Waals surface area contributed by atoms with Crippen molar-refractivity contribution in [3.8, 4) is 11.5 Å². The molecule has 4 aromatic rings. The fourth-order valence-electron chi connectivity index (χ4n) is 7.02. The van der Waals surface area contributed by atoms with Gasteiger partial charge in [0.2, 0.25) is 0 Å². The largest absolute Gasteiger partial charge is 1.00 e. The zero-order valence-electron chi connectivity index (χ0n) is 29.4. The van der Waals surface area contributed by atoms with Crippen molar-refractivity contribution in [3.63, 3.8) is 0 Å². The Bertz CT molecular complexity index is 1420. The fourth-order valence-corrected chi connectivity index (χ4v) is 7.02. The van der Waals surface area contributed by atoms with Crippen LogP contribution < -0.4 is 17.7 Å². The molecule has 0 heterocycles. The quantitative estimate of drug-likeness (QED) is 0.0572. The van der Waals surface area contributed by atoms with Crippen molar-refractivity contribution < 1.29 is 32.2 Å². The summed E-state index contributed by atoms with van der Waals surface area (Å²) >= 11 is 0. The lowest BCUT2D eigenvalue weighted by Gasteiger charge is -2.39. The number of phenolic OH excluding ortho intramolecular Hbond substituents is 2. The highest BCUT2D eigenvalue weighted by atomic mass is 35.5. The average Bonchev–Trinajstić information content (AvgIpc) is 3.10. The number of halogens is 1. The molecule has 0 saturated carbocycles. The minimum absolute atomic E-state index is 0. The number of aliphatic hydroxyl groups is 1. The van der Waals surface area contributed by atoms with E-state index in [2.05, 4.69) is 66.0 Å². The van der Waals surface area contributed by atoms with Crippen LogP contribution in [0.1, 0.15) is 80.0 Å². The smallest absolute Gasteiger partial charge is 0.118 e. The number of rotatable bonds is 24. The van der Waals surface area contributed by atoms with E-state index in [0.717, 1.165) is 74.0 Å². The first-order valence-corrected chi connectivity index (χ1v) is 18.4. The molecule has 5 nitrogen and oxygen atoms in total. The lowest BCUT2D eigenvalue weighted by molar-refractivity contribution is -0.941. The van der Waals surface area contributed by atoms with Gasteiger partial charge in [-0.05, 0) is 67.5 Å². The van der Waals surface area contributed by atoms with Crippen molar-refractivity contribution in [2.45, 2.75) is 89.6 Å². The van der Waals surface area contributed by atoms with Gasteiger partial charge >= 0.3 is 0 Å². The first-order valence-electron chi connectivity index (χ1n) is 18.4. The standard InChI is InChI=1S/C43H58N2O3.ClH/c46-33-32-45(36-38-22-12-9-13-23-38,31-28-39-24-14-16-26-42(39)47)30-19-7-5-3-1-2-4-6-18-29-44-41(34-37-20-10-8-11-21-37)35-40-25-15-17-27-43(40)48;/h8-17,20-27,41,44,46H,1-7,18-19,28-36H2,(H-,47,48);1H. The van der Waals surface area contributed by atoms with Gasteiger partial charge in [0.05, 0.1) is 19.7 Å². The van der Waals surface area contributed by atoms with Gasteiger partial charge in [0.25, 0.3) is 0 Å². The molecule has 0 bridgehead atoms. The predicted molar refractivity (Wildman–Crippen MR) is 199 cm³/mol. The molecule has 0 amide bonds. The number of hydrogen-bond donors (Lipinski definition) is 4. The third-order valence-electron chi connectivity index (χ3n) is 9.81. The molecule has 0 aromatic heterocycles. The highest BCUT2D eigenvalue weighted by Gasteiger charge is 2.27. The van der Waals surface area contributed by atoms with E-state index in [-0.39, 0.29) is 19.0 Å². The average molecular weight is 687 g/mol. The molecule has 4 N–H and O–H groups in total. The summed E-state index contributed by atoms with van der Waals surface area (Å²) in [5.41, 5.74) is 4.63. The highest BCUT2D eigenvalue weighted by molar-refractivity contribution is 5.33. The Morgan fingerprint density at radius 2 is 1.02 bits per heavy atom. The Morgan fingerprint density at radius 3 is 1.61 bits per heavy atom. The fraction of sp³-hybridized carbons (Fsp3) is 0.442. The number of aromatic hydroxyl groups is 2. The van der Waals surface area contributed by atoms with E-state index in [4.69, 9.17) is 0 Å². The Kier molecular flexibility index (Phi) is 18.9. The number of nitrogens with zero attached hydrogens (tertiary/aromatic N) is 1. The van der Waals surface area contributed by atoms with Crippen molar-refractivity contribution in [2.24, 2.45) is 0 Å². The molecule has 0 aliphatic heterocycles. The SMILES string of the molecule is OCC[N+](CCCCCCCCCCCNC(Cc1ccccc1)Cc1ccccc1O)(CCc1ccccc1O)Cc1ccccc1.[Cl-]. The topological polar surface area (TPSA) is 72.7 Å². The predicted octanol–water partition coefficient (Wildman–Crippen LogP) is 5.61. The van der Waals surface area contributed by atoms with E-state index >= 15 is 0 Å². The summed E-state index contributed by atoms with van der Waals surface area (Å²) in [4.78, 5) is 0. The number of para-hydroxylation sites is 2. The van der Waals surface area contributed by atoms with Gasteiger partial charge in [0.15, 0.2) is 0 Å². The molecular formula is C43H59ClN2O3. The summed E-state index contributed by atoms with van der Waals surface area (Å²) in [7, 11) is 0. The van der Waals surface area contributed by atoms with Gasteiger partial charge in [-0.1, -0.05) is 136 Å². The van der Waals surface area contributed by atoms with Gasteiger partial charge in [-0.2, -0.15) is 0 Å². The molecule has 6 heteroatoms. The first-order chi connectivity index (χ1) is 23.6. The molecule has 0 aliphatic rings. The van der Waals surface area contributed by atoms with Crippen LogP contribution in [0, 0.1) is 0 Å². The molecule has 4 rings (SSSR count). The summed E-state index contributed by atoms with van der Waals surface area (Å²) in [5, 5.41) is 34.6. The van der Waals surface area contributed by atoms with Crippen LogP contribution in [0.15, 0.2) is 109 Å². The second kappa shape index (κ2) is 23.1. The van der Waals surface area contributed by atoms with E-state index in [1.165, 1.54) is 62.5 Å². The molecule has 4 aromatic carbocycles. The molecule has 0 spiro atoms. The number of unbranched alkanes of at least 4 members (excludes halogenated alkanes) is 8. The van der Waals surface area contributed by atoms with Gasteiger partial charge < -0.3 is 37.5 Å². The number of phenols is 2. The summed E-state index contributed by atoms with van der Waals surface area (Å²) in [6.45, 7) is 4.78. The minimum Gasteiger partial charge on any atom is -1.00 e. The van der Waals surface area contributed by atoms with Gasteiger partial charge in [0, 0.05) is 18.0 Å². The van der Waals surface area contributed by atoms with Crippen molar-refractivity contribution >= 4 is 0 Å². The van der Waals surface area contributed by atoms with E-state index in [1.54, 1.807) is 12.1 Å². The normalized spacial score (nSPS) is 13.0. The Hall–Kier alpha value is -3.35. The number of aliphatic hydroxyl groups excluding tert-OH is 1. The van der Waals surface area contributed by atoms with E-state index in [9.17, 15) is 15.3 Å². The van der Waals surface area contributed by atoms with Crippen molar-refractivity contribution in [3.05, 3.63) is 131 Å². The summed E-state index contributed by atoms with van der Waals surface area (Å²) in [6.07, 6.45) is 13.8.